The van der Waals surface area contributed by atoms with Gasteiger partial charge in [-0.15, -0.1) is 0 Å². The third-order valence-electron chi connectivity index (χ3n) is 5.22. The maximum absolute atomic E-state index is 11.8. The third-order valence-corrected chi connectivity index (χ3v) is 5.22. The molecule has 1 aliphatic rings. The molecular weight excluding hydrogens is 382 g/mol. The van der Waals surface area contributed by atoms with E-state index in [0.717, 1.165) is 22.4 Å². The van der Waals surface area contributed by atoms with Crippen molar-refractivity contribution in [2.75, 3.05) is 5.43 Å². The van der Waals surface area contributed by atoms with Gasteiger partial charge in [-0.05, 0) is 50.1 Å². The Morgan fingerprint density at radius 3 is 2.53 bits per heavy atom. The van der Waals surface area contributed by atoms with E-state index in [1.54, 1.807) is 32.0 Å². The Morgan fingerprint density at radius 2 is 1.87 bits per heavy atom. The molecule has 1 aliphatic heterocycles. The summed E-state index contributed by atoms with van der Waals surface area (Å²) >= 11 is 0. The Kier molecular flexibility index (Phi) is 5.89. The minimum Gasteiger partial charge on any atom is -0.478 e. The Morgan fingerprint density at radius 1 is 1.17 bits per heavy atom. The van der Waals surface area contributed by atoms with Crippen molar-refractivity contribution in [3.8, 4) is 0 Å². The molecule has 0 spiro atoms. The van der Waals surface area contributed by atoms with Gasteiger partial charge >= 0.3 is 5.97 Å². The molecule has 2 aromatic carbocycles. The Bertz CT molecular complexity index is 1090. The molecule has 156 valence electrons. The zero-order valence-corrected chi connectivity index (χ0v) is 17.1. The second-order valence-corrected chi connectivity index (χ2v) is 7.27. The van der Waals surface area contributed by atoms with Crippen molar-refractivity contribution >= 4 is 29.0 Å². The fraction of sp³-hybridized carbons (Fsp3) is 0.227. The van der Waals surface area contributed by atoms with Crippen molar-refractivity contribution in [1.29, 1.82) is 0 Å². The van der Waals surface area contributed by atoms with Crippen molar-refractivity contribution in [1.82, 2.24) is 5.43 Å². The summed E-state index contributed by atoms with van der Waals surface area (Å²) in [6, 6.07) is 10.4. The van der Waals surface area contributed by atoms with Crippen molar-refractivity contribution in [2.24, 2.45) is 22.4 Å². The van der Waals surface area contributed by atoms with Crippen LogP contribution in [0.25, 0.3) is 5.70 Å². The van der Waals surface area contributed by atoms with Crippen LogP contribution in [0.15, 0.2) is 47.1 Å². The van der Waals surface area contributed by atoms with E-state index in [1.165, 1.54) is 6.07 Å². The van der Waals surface area contributed by atoms with Crippen LogP contribution in [0, 0.1) is 12.8 Å². The second-order valence-electron chi connectivity index (χ2n) is 7.27. The van der Waals surface area contributed by atoms with E-state index in [4.69, 9.17) is 16.5 Å². The third kappa shape index (κ3) is 4.04. The minimum absolute atomic E-state index is 0.163. The number of carbonyl (C=O) groups is 2. The van der Waals surface area contributed by atoms with Crippen molar-refractivity contribution in [2.45, 2.75) is 27.3 Å². The summed E-state index contributed by atoms with van der Waals surface area (Å²) in [6.45, 7) is 5.93. The van der Waals surface area contributed by atoms with Crippen LogP contribution in [0.4, 0.5) is 5.69 Å². The van der Waals surface area contributed by atoms with Crippen LogP contribution in [0.5, 0.6) is 0 Å². The average Bonchev–Trinajstić information content (AvgIpc) is 3.20. The first kappa shape index (κ1) is 21.1. The maximum atomic E-state index is 11.8. The first-order chi connectivity index (χ1) is 14.2. The predicted octanol–water partition coefficient (Wildman–Crippen LogP) is 2.38. The molecule has 0 fully saturated rings. The van der Waals surface area contributed by atoms with Crippen molar-refractivity contribution < 1.29 is 14.7 Å². The normalized spacial score (nSPS) is 15.1. The number of nitrogens with zero attached hydrogens (tertiary/aromatic N) is 1. The predicted molar refractivity (Wildman–Crippen MR) is 117 cm³/mol. The second kappa shape index (κ2) is 8.38. The van der Waals surface area contributed by atoms with Gasteiger partial charge < -0.3 is 22.0 Å². The molecule has 1 amide bonds. The number of aryl methyl sites for hydroxylation is 1. The van der Waals surface area contributed by atoms with Gasteiger partial charge in [0, 0.05) is 29.1 Å². The lowest BCUT2D eigenvalue weighted by Crippen LogP contribution is -2.27. The number of primary amides is 1. The number of fused-ring (bicyclic) bond motifs is 1. The number of benzene rings is 2. The molecule has 0 radical (unpaired) electrons. The van der Waals surface area contributed by atoms with Crippen LogP contribution in [-0.4, -0.2) is 22.7 Å². The zero-order valence-electron chi connectivity index (χ0n) is 17.1. The Labute approximate surface area is 174 Å². The standard InChI is InChI=1S/C22H25N5O3/c1-11-7-8-17-16(10-25-27-17)18(11)20(19(23)12(2)21(24)28)26-13(3)14-5-4-6-15(9-14)22(29)30/h4-9,12,25,27H,10,23H2,1-3H3,(H2,24,28)(H,29,30)/b20-19+,26-13?. The summed E-state index contributed by atoms with van der Waals surface area (Å²) in [5.41, 5.74) is 23.9. The molecule has 2 aromatic rings. The van der Waals surface area contributed by atoms with E-state index in [0.29, 0.717) is 23.5 Å². The number of nitrogens with one attached hydrogen (secondary N) is 2. The smallest absolute Gasteiger partial charge is 0.335 e. The van der Waals surface area contributed by atoms with Crippen LogP contribution in [0.3, 0.4) is 0 Å². The fourth-order valence-electron chi connectivity index (χ4n) is 3.36. The molecule has 0 bridgehead atoms. The largest absolute Gasteiger partial charge is 0.478 e. The zero-order chi connectivity index (χ0) is 22.0. The van der Waals surface area contributed by atoms with Crippen LogP contribution in [-0.2, 0) is 11.3 Å². The summed E-state index contributed by atoms with van der Waals surface area (Å²) < 4.78 is 0. The molecule has 0 saturated heterocycles. The molecule has 30 heavy (non-hydrogen) atoms. The van der Waals surface area contributed by atoms with Crippen LogP contribution < -0.4 is 22.3 Å². The molecule has 1 heterocycles. The van der Waals surface area contributed by atoms with E-state index < -0.39 is 17.8 Å². The van der Waals surface area contributed by atoms with Gasteiger partial charge in [-0.2, -0.15) is 0 Å². The molecule has 0 aliphatic carbocycles. The van der Waals surface area contributed by atoms with Crippen molar-refractivity contribution in [3.63, 3.8) is 0 Å². The Hall–Kier alpha value is -3.65. The molecule has 1 unspecified atom stereocenters. The summed E-state index contributed by atoms with van der Waals surface area (Å²) in [7, 11) is 0. The highest BCUT2D eigenvalue weighted by Crippen LogP contribution is 2.34. The van der Waals surface area contributed by atoms with E-state index in [1.807, 2.05) is 19.1 Å². The molecule has 0 saturated carbocycles. The number of carboxylic acid groups (broad SMARTS) is 1. The lowest BCUT2D eigenvalue weighted by Gasteiger charge is -2.18. The molecule has 3 rings (SSSR count). The molecule has 1 atom stereocenters. The van der Waals surface area contributed by atoms with Gasteiger partial charge in [-0.3, -0.25) is 9.79 Å². The van der Waals surface area contributed by atoms with Gasteiger partial charge in [0.15, 0.2) is 0 Å². The number of hydrazine groups is 1. The van der Waals surface area contributed by atoms with Crippen LogP contribution in [0.1, 0.15) is 46.5 Å². The highest BCUT2D eigenvalue weighted by molar-refractivity contribution is 6.04. The first-order valence-electron chi connectivity index (χ1n) is 9.50. The van der Waals surface area contributed by atoms with E-state index in [9.17, 15) is 14.7 Å². The number of amides is 1. The molecule has 0 aromatic heterocycles. The molecule has 8 heteroatoms. The van der Waals surface area contributed by atoms with Gasteiger partial charge in [0.2, 0.25) is 5.91 Å². The number of rotatable bonds is 6. The van der Waals surface area contributed by atoms with E-state index >= 15 is 0 Å². The molecule has 7 N–H and O–H groups in total. The lowest BCUT2D eigenvalue weighted by molar-refractivity contribution is -0.120. The van der Waals surface area contributed by atoms with Gasteiger partial charge in [-0.1, -0.05) is 18.2 Å². The van der Waals surface area contributed by atoms with Gasteiger partial charge in [0.1, 0.15) is 0 Å². The summed E-state index contributed by atoms with van der Waals surface area (Å²) in [6.07, 6.45) is 0. The number of carbonyl (C=O) groups excluding carboxylic acids is 1. The number of anilines is 1. The number of hydrogen-bond donors (Lipinski definition) is 5. The summed E-state index contributed by atoms with van der Waals surface area (Å²) in [5.74, 6) is -2.29. The summed E-state index contributed by atoms with van der Waals surface area (Å²) in [5, 5.41) is 9.28. The number of aromatic carboxylic acids is 1. The lowest BCUT2D eigenvalue weighted by atomic mass is 9.93. The number of carboxylic acids is 1. The van der Waals surface area contributed by atoms with E-state index in [-0.39, 0.29) is 11.3 Å². The average molecular weight is 407 g/mol. The van der Waals surface area contributed by atoms with Gasteiger partial charge in [0.25, 0.3) is 0 Å². The molecule has 8 nitrogen and oxygen atoms in total. The maximum Gasteiger partial charge on any atom is 0.335 e. The fourth-order valence-corrected chi connectivity index (χ4v) is 3.36. The Balaban J connectivity index is 2.23. The summed E-state index contributed by atoms with van der Waals surface area (Å²) in [4.78, 5) is 27.9. The van der Waals surface area contributed by atoms with Gasteiger partial charge in [-0.25, -0.2) is 10.2 Å². The van der Waals surface area contributed by atoms with Crippen LogP contribution in [0.2, 0.25) is 0 Å². The highest BCUT2D eigenvalue weighted by Gasteiger charge is 2.24. The first-order valence-corrected chi connectivity index (χ1v) is 9.50. The topological polar surface area (TPSA) is 143 Å². The number of aliphatic imine (C=N–C) groups is 1. The SMILES string of the molecule is CC(=N/C(=C(/N)C(C)C(N)=O)c1c(C)ccc2c1CNN2)c1cccc(C(=O)O)c1. The van der Waals surface area contributed by atoms with E-state index in [2.05, 4.69) is 10.9 Å². The molecular formula is C22H25N5O3. The van der Waals surface area contributed by atoms with Crippen molar-refractivity contribution in [3.05, 3.63) is 69.9 Å². The number of hydrogen-bond acceptors (Lipinski definition) is 6. The number of nitrogens with two attached hydrogens (primary N) is 2. The highest BCUT2D eigenvalue weighted by atomic mass is 16.4. The quantitative estimate of drug-likeness (QED) is 0.465. The van der Waals surface area contributed by atoms with Crippen LogP contribution >= 0.6 is 0 Å². The minimum atomic E-state index is -1.02. The van der Waals surface area contributed by atoms with Gasteiger partial charge in [0.05, 0.1) is 22.9 Å². The monoisotopic (exact) mass is 407 g/mol.